The largest absolute Gasteiger partial charge is 0.491 e. The van der Waals surface area contributed by atoms with Gasteiger partial charge in [0, 0.05) is 18.8 Å². The van der Waals surface area contributed by atoms with Crippen LogP contribution in [-0.2, 0) is 0 Å². The number of allylic oxidation sites excluding steroid dienone is 4. The average molecular weight is 433 g/mol. The molecule has 1 aromatic carbocycles. The molecular formula is C24H24FN5O2. The third kappa shape index (κ3) is 4.12. The molecule has 0 bridgehead atoms. The van der Waals surface area contributed by atoms with Crippen LogP contribution in [0.1, 0.15) is 13.8 Å². The van der Waals surface area contributed by atoms with Gasteiger partial charge in [-0.05, 0) is 38.1 Å². The van der Waals surface area contributed by atoms with Crippen molar-refractivity contribution in [3.63, 3.8) is 0 Å². The molecule has 2 aromatic heterocycles. The van der Waals surface area contributed by atoms with Gasteiger partial charge in [0.1, 0.15) is 5.83 Å². The van der Waals surface area contributed by atoms with Crippen LogP contribution in [0.4, 0.5) is 4.39 Å². The Balaban J connectivity index is 1.80. The standard InChI is InChI=1S/C24H24FN5O2/c1-17(28-13-7-8-14-28)15-20(25)18(2)29-16-22(32-3)24(31)23(27-29)21-11-12-26-30(21)19-9-5-4-6-10-19/h4-12,15-16H,13-14H2,1-3H3. The highest BCUT2D eigenvalue weighted by atomic mass is 19.1. The summed E-state index contributed by atoms with van der Waals surface area (Å²) in [6.45, 7) is 4.98. The molecular weight excluding hydrogens is 409 g/mol. The fraction of sp³-hybridized carbons (Fsp3) is 0.208. The van der Waals surface area contributed by atoms with Crippen LogP contribution < -0.4 is 10.2 Å². The highest BCUT2D eigenvalue weighted by Crippen LogP contribution is 2.22. The van der Waals surface area contributed by atoms with Crippen LogP contribution in [0, 0.1) is 0 Å². The van der Waals surface area contributed by atoms with Crippen molar-refractivity contribution in [3.05, 3.63) is 88.8 Å². The zero-order chi connectivity index (χ0) is 22.7. The van der Waals surface area contributed by atoms with Gasteiger partial charge in [-0.1, -0.05) is 30.4 Å². The topological polar surface area (TPSA) is 65.2 Å². The summed E-state index contributed by atoms with van der Waals surface area (Å²) in [6, 6.07) is 11.1. The van der Waals surface area contributed by atoms with Crippen LogP contribution in [0.5, 0.6) is 5.75 Å². The lowest BCUT2D eigenvalue weighted by Gasteiger charge is -2.18. The van der Waals surface area contributed by atoms with E-state index in [9.17, 15) is 4.79 Å². The summed E-state index contributed by atoms with van der Waals surface area (Å²) in [5.41, 5.74) is 2.02. The molecule has 0 N–H and O–H groups in total. The molecule has 32 heavy (non-hydrogen) atoms. The first-order chi connectivity index (χ1) is 15.5. The molecule has 8 heteroatoms. The maximum atomic E-state index is 15.1. The minimum absolute atomic E-state index is 0.0624. The maximum Gasteiger partial charge on any atom is 0.251 e. The predicted molar refractivity (Wildman–Crippen MR) is 122 cm³/mol. The smallest absolute Gasteiger partial charge is 0.251 e. The van der Waals surface area contributed by atoms with E-state index in [1.54, 1.807) is 23.9 Å². The number of para-hydroxylation sites is 1. The molecule has 0 fully saturated rings. The Morgan fingerprint density at radius 1 is 1.12 bits per heavy atom. The van der Waals surface area contributed by atoms with Gasteiger partial charge in [-0.15, -0.1) is 0 Å². The minimum Gasteiger partial charge on any atom is -0.491 e. The van der Waals surface area contributed by atoms with E-state index in [-0.39, 0.29) is 17.1 Å². The van der Waals surface area contributed by atoms with E-state index in [2.05, 4.69) is 15.1 Å². The van der Waals surface area contributed by atoms with Crippen molar-refractivity contribution in [1.29, 1.82) is 0 Å². The number of ether oxygens (including phenoxy) is 1. The van der Waals surface area contributed by atoms with E-state index in [1.807, 2.05) is 49.4 Å². The number of benzene rings is 1. The van der Waals surface area contributed by atoms with Gasteiger partial charge in [0.15, 0.2) is 11.4 Å². The fourth-order valence-electron chi connectivity index (χ4n) is 3.47. The number of halogens is 1. The Morgan fingerprint density at radius 2 is 1.84 bits per heavy atom. The van der Waals surface area contributed by atoms with Crippen LogP contribution in [0.15, 0.2) is 83.3 Å². The van der Waals surface area contributed by atoms with Crippen molar-refractivity contribution in [3.8, 4) is 22.8 Å². The molecule has 0 spiro atoms. The zero-order valence-electron chi connectivity index (χ0n) is 18.2. The SMILES string of the molecule is COc1cn(C(C)=C(F)C=C(C)N2CC=CC2)nc(-c2ccnn2-c2ccccc2)c1=O. The monoisotopic (exact) mass is 433 g/mol. The Kier molecular flexibility index (Phi) is 6.02. The summed E-state index contributed by atoms with van der Waals surface area (Å²) >= 11 is 0. The van der Waals surface area contributed by atoms with E-state index >= 15 is 4.39 Å². The molecule has 1 aliphatic rings. The average Bonchev–Trinajstić information content (AvgIpc) is 3.52. The lowest BCUT2D eigenvalue weighted by molar-refractivity contribution is 0.405. The number of nitrogens with zero attached hydrogens (tertiary/aromatic N) is 5. The molecule has 0 aliphatic carbocycles. The predicted octanol–water partition coefficient (Wildman–Crippen LogP) is 4.04. The third-order valence-electron chi connectivity index (χ3n) is 5.33. The lowest BCUT2D eigenvalue weighted by atomic mass is 10.2. The van der Waals surface area contributed by atoms with Crippen molar-refractivity contribution in [2.24, 2.45) is 0 Å². The molecule has 4 rings (SSSR count). The fourth-order valence-corrected chi connectivity index (χ4v) is 3.47. The summed E-state index contributed by atoms with van der Waals surface area (Å²) in [5.74, 6) is -0.387. The van der Waals surface area contributed by atoms with Crippen LogP contribution in [0.3, 0.4) is 0 Å². The third-order valence-corrected chi connectivity index (χ3v) is 5.33. The van der Waals surface area contributed by atoms with Crippen LogP contribution >= 0.6 is 0 Å². The highest BCUT2D eigenvalue weighted by Gasteiger charge is 2.18. The van der Waals surface area contributed by atoms with Gasteiger partial charge in [0.25, 0.3) is 5.43 Å². The molecule has 0 radical (unpaired) electrons. The maximum absolute atomic E-state index is 15.1. The summed E-state index contributed by atoms with van der Waals surface area (Å²) in [4.78, 5) is 15.1. The Labute approximate surface area is 185 Å². The first-order valence-corrected chi connectivity index (χ1v) is 10.2. The Hall–Kier alpha value is -3.94. The second kappa shape index (κ2) is 9.05. The highest BCUT2D eigenvalue weighted by molar-refractivity contribution is 5.60. The Morgan fingerprint density at radius 3 is 2.53 bits per heavy atom. The van der Waals surface area contributed by atoms with Gasteiger partial charge >= 0.3 is 0 Å². The van der Waals surface area contributed by atoms with Crippen molar-refractivity contribution in [2.75, 3.05) is 20.2 Å². The molecule has 0 saturated heterocycles. The molecule has 7 nitrogen and oxygen atoms in total. The van der Waals surface area contributed by atoms with Gasteiger partial charge in [0.2, 0.25) is 0 Å². The van der Waals surface area contributed by atoms with Gasteiger partial charge < -0.3 is 9.64 Å². The summed E-state index contributed by atoms with van der Waals surface area (Å²) in [6.07, 6.45) is 8.55. The van der Waals surface area contributed by atoms with Gasteiger partial charge in [-0.2, -0.15) is 10.2 Å². The molecule has 0 saturated carbocycles. The molecule has 3 aromatic rings. The van der Waals surface area contributed by atoms with Crippen LogP contribution in [-0.4, -0.2) is 44.7 Å². The van der Waals surface area contributed by atoms with E-state index < -0.39 is 11.3 Å². The van der Waals surface area contributed by atoms with E-state index in [1.165, 1.54) is 24.1 Å². The molecule has 0 amide bonds. The molecule has 0 atom stereocenters. The molecule has 1 aliphatic heterocycles. The summed E-state index contributed by atoms with van der Waals surface area (Å²) in [5, 5.41) is 8.78. The summed E-state index contributed by atoms with van der Waals surface area (Å²) in [7, 11) is 1.40. The van der Waals surface area contributed by atoms with E-state index in [0.717, 1.165) is 24.5 Å². The van der Waals surface area contributed by atoms with Crippen molar-refractivity contribution in [2.45, 2.75) is 13.8 Å². The van der Waals surface area contributed by atoms with Crippen LogP contribution in [0.2, 0.25) is 0 Å². The minimum atomic E-state index is -0.449. The molecule has 3 heterocycles. The molecule has 164 valence electrons. The number of methoxy groups -OCH3 is 1. The van der Waals surface area contributed by atoms with Gasteiger partial charge in [0.05, 0.1) is 36.6 Å². The number of aromatic nitrogens is 4. The van der Waals surface area contributed by atoms with E-state index in [0.29, 0.717) is 5.69 Å². The zero-order valence-corrected chi connectivity index (χ0v) is 18.2. The normalized spacial score (nSPS) is 14.6. The number of hydrogen-bond acceptors (Lipinski definition) is 5. The van der Waals surface area contributed by atoms with Crippen molar-refractivity contribution < 1.29 is 9.13 Å². The van der Waals surface area contributed by atoms with E-state index in [4.69, 9.17) is 4.74 Å². The number of hydrogen-bond donors (Lipinski definition) is 0. The molecule has 0 unspecified atom stereocenters. The second-order valence-electron chi connectivity index (χ2n) is 7.38. The van der Waals surface area contributed by atoms with Gasteiger partial charge in [-0.25, -0.2) is 13.8 Å². The Bertz CT molecular complexity index is 1260. The van der Waals surface area contributed by atoms with Crippen molar-refractivity contribution >= 4 is 5.70 Å². The van der Waals surface area contributed by atoms with Gasteiger partial charge in [-0.3, -0.25) is 4.79 Å². The summed E-state index contributed by atoms with van der Waals surface area (Å²) < 4.78 is 23.3. The second-order valence-corrected chi connectivity index (χ2v) is 7.38. The number of rotatable bonds is 6. The quantitative estimate of drug-likeness (QED) is 0.434. The lowest BCUT2D eigenvalue weighted by Crippen LogP contribution is -2.18. The first-order valence-electron chi connectivity index (χ1n) is 10.2. The van der Waals surface area contributed by atoms with Crippen molar-refractivity contribution in [1.82, 2.24) is 24.5 Å². The first kappa shape index (κ1) is 21.3. The van der Waals surface area contributed by atoms with Crippen LogP contribution in [0.25, 0.3) is 22.8 Å².